The maximum Gasteiger partial charge on any atom is 0.162 e. The van der Waals surface area contributed by atoms with Crippen molar-refractivity contribution in [1.29, 1.82) is 0 Å². The Morgan fingerprint density at radius 3 is 2.33 bits per heavy atom. The summed E-state index contributed by atoms with van der Waals surface area (Å²) in [5.74, 6) is 1.79. The predicted octanol–water partition coefficient (Wildman–Crippen LogP) is 5.35. The third-order valence-electron chi connectivity index (χ3n) is 3.72. The maximum atomic E-state index is 6.42. The number of hydrogen-bond donors (Lipinski definition) is 0. The second kappa shape index (κ2) is 6.29. The summed E-state index contributed by atoms with van der Waals surface area (Å²) in [7, 11) is 0. The van der Waals surface area contributed by atoms with Crippen LogP contribution in [-0.4, -0.2) is 13.2 Å². The minimum atomic E-state index is 0.114. The summed E-state index contributed by atoms with van der Waals surface area (Å²) in [4.78, 5) is 0.114. The fraction of sp³-hybridized carbons (Fsp3) is 0.294. The Bertz CT molecular complexity index is 630. The van der Waals surface area contributed by atoms with Crippen LogP contribution in [0.5, 0.6) is 11.5 Å². The largest absolute Gasteiger partial charge is 0.486 e. The molecule has 1 heterocycles. The second-order valence-corrected chi connectivity index (χ2v) is 6.51. The summed E-state index contributed by atoms with van der Waals surface area (Å²) in [6.45, 7) is 3.33. The summed E-state index contributed by atoms with van der Waals surface area (Å²) in [5.41, 5.74) is 2.29. The highest BCUT2D eigenvalue weighted by Gasteiger charge is 2.23. The van der Waals surface area contributed by atoms with Crippen LogP contribution in [0.2, 0.25) is 5.02 Å². The van der Waals surface area contributed by atoms with Gasteiger partial charge in [-0.3, -0.25) is 0 Å². The summed E-state index contributed by atoms with van der Waals surface area (Å²) in [6, 6.07) is 14.2. The third-order valence-corrected chi connectivity index (χ3v) is 5.34. The zero-order valence-electron chi connectivity index (χ0n) is 11.7. The van der Waals surface area contributed by atoms with Gasteiger partial charge in [0.15, 0.2) is 11.5 Å². The average molecular weight is 368 g/mol. The lowest BCUT2D eigenvalue weighted by atomic mass is 9.93. The van der Waals surface area contributed by atoms with E-state index in [1.807, 2.05) is 18.2 Å². The summed E-state index contributed by atoms with van der Waals surface area (Å²) in [5, 5.41) is 0.698. The number of rotatable bonds is 3. The molecule has 2 atom stereocenters. The molecule has 0 saturated heterocycles. The number of fused-ring (bicyclic) bond motifs is 1. The SMILES string of the molecule is CC(c1ccccc1)C(Br)c1cc2c(cc1Cl)OCCO2. The van der Waals surface area contributed by atoms with Crippen LogP contribution in [0.1, 0.15) is 28.8 Å². The summed E-state index contributed by atoms with van der Waals surface area (Å²) < 4.78 is 11.2. The quantitative estimate of drug-likeness (QED) is 0.681. The molecular weight excluding hydrogens is 352 g/mol. The zero-order chi connectivity index (χ0) is 14.8. The van der Waals surface area contributed by atoms with Gasteiger partial charge in [-0.2, -0.15) is 0 Å². The first-order valence-electron chi connectivity index (χ1n) is 6.95. The van der Waals surface area contributed by atoms with Gasteiger partial charge in [0.05, 0.1) is 0 Å². The van der Waals surface area contributed by atoms with Gasteiger partial charge < -0.3 is 9.47 Å². The van der Waals surface area contributed by atoms with Gasteiger partial charge >= 0.3 is 0 Å². The molecule has 2 nitrogen and oxygen atoms in total. The standard InChI is InChI=1S/C17H16BrClO2/c1-11(12-5-3-2-4-6-12)17(18)13-9-15-16(10-14(13)19)21-8-7-20-15/h2-6,9-11,17H,7-8H2,1H3. The molecule has 0 amide bonds. The van der Waals surface area contributed by atoms with Gasteiger partial charge in [0.1, 0.15) is 13.2 Å². The number of ether oxygens (including phenoxy) is 2. The molecule has 0 bridgehead atoms. The zero-order valence-corrected chi connectivity index (χ0v) is 14.0. The van der Waals surface area contributed by atoms with Crippen molar-refractivity contribution in [2.45, 2.75) is 17.7 Å². The van der Waals surface area contributed by atoms with Gasteiger partial charge in [-0.1, -0.05) is 64.8 Å². The minimum Gasteiger partial charge on any atom is -0.486 e. The van der Waals surface area contributed by atoms with Gasteiger partial charge in [0.2, 0.25) is 0 Å². The second-order valence-electron chi connectivity index (χ2n) is 5.12. The van der Waals surface area contributed by atoms with E-state index in [-0.39, 0.29) is 4.83 Å². The van der Waals surface area contributed by atoms with Crippen LogP contribution in [0.4, 0.5) is 0 Å². The van der Waals surface area contributed by atoms with Crippen LogP contribution in [0.3, 0.4) is 0 Å². The molecule has 0 spiro atoms. The molecule has 1 aliphatic heterocycles. The van der Waals surface area contributed by atoms with Gasteiger partial charge in [-0.05, 0) is 23.1 Å². The highest BCUT2D eigenvalue weighted by molar-refractivity contribution is 9.09. The molecule has 0 radical (unpaired) electrons. The van der Waals surface area contributed by atoms with E-state index in [1.54, 1.807) is 0 Å². The van der Waals surface area contributed by atoms with Gasteiger partial charge in [-0.15, -0.1) is 0 Å². The summed E-state index contributed by atoms with van der Waals surface area (Å²) >= 11 is 10.2. The Morgan fingerprint density at radius 2 is 1.67 bits per heavy atom. The van der Waals surface area contributed by atoms with Crippen molar-refractivity contribution in [2.24, 2.45) is 0 Å². The molecule has 0 saturated carbocycles. The normalized spacial score (nSPS) is 16.3. The first kappa shape index (κ1) is 14.7. The van der Waals surface area contributed by atoms with E-state index in [9.17, 15) is 0 Å². The van der Waals surface area contributed by atoms with E-state index in [0.29, 0.717) is 24.2 Å². The minimum absolute atomic E-state index is 0.114. The van der Waals surface area contributed by atoms with Gasteiger partial charge in [-0.25, -0.2) is 0 Å². The molecule has 0 aliphatic carbocycles. The smallest absolute Gasteiger partial charge is 0.162 e. The topological polar surface area (TPSA) is 18.5 Å². The lowest BCUT2D eigenvalue weighted by molar-refractivity contribution is 0.171. The third kappa shape index (κ3) is 3.04. The number of halogens is 2. The fourth-order valence-electron chi connectivity index (χ4n) is 2.49. The first-order valence-corrected chi connectivity index (χ1v) is 8.24. The molecule has 2 aromatic rings. The highest BCUT2D eigenvalue weighted by Crippen LogP contribution is 2.45. The van der Waals surface area contributed by atoms with Crippen molar-refractivity contribution >= 4 is 27.5 Å². The van der Waals surface area contributed by atoms with Crippen molar-refractivity contribution < 1.29 is 9.47 Å². The Kier molecular flexibility index (Phi) is 4.41. The Hall–Kier alpha value is -1.19. The fourth-order valence-corrected chi connectivity index (χ4v) is 3.57. The molecule has 2 aromatic carbocycles. The van der Waals surface area contributed by atoms with Crippen LogP contribution in [-0.2, 0) is 0 Å². The van der Waals surface area contributed by atoms with E-state index < -0.39 is 0 Å². The Labute approximate surface area is 138 Å². The van der Waals surface area contributed by atoms with Gasteiger partial charge in [0.25, 0.3) is 0 Å². The van der Waals surface area contributed by atoms with Gasteiger partial charge in [0, 0.05) is 15.9 Å². The molecule has 0 aromatic heterocycles. The van der Waals surface area contributed by atoms with Crippen molar-refractivity contribution in [3.63, 3.8) is 0 Å². The molecule has 0 N–H and O–H groups in total. The molecule has 1 aliphatic rings. The Morgan fingerprint density at radius 1 is 1.05 bits per heavy atom. The molecule has 2 unspecified atom stereocenters. The predicted molar refractivity (Wildman–Crippen MR) is 89.0 cm³/mol. The lowest BCUT2D eigenvalue weighted by Crippen LogP contribution is -2.16. The van der Waals surface area contributed by atoms with Crippen LogP contribution < -0.4 is 9.47 Å². The van der Waals surface area contributed by atoms with E-state index >= 15 is 0 Å². The number of alkyl halides is 1. The average Bonchev–Trinajstić information content (AvgIpc) is 2.53. The van der Waals surface area contributed by atoms with Crippen LogP contribution in [0, 0.1) is 0 Å². The summed E-state index contributed by atoms with van der Waals surface area (Å²) in [6.07, 6.45) is 0. The molecule has 110 valence electrons. The molecule has 21 heavy (non-hydrogen) atoms. The number of hydrogen-bond acceptors (Lipinski definition) is 2. The van der Waals surface area contributed by atoms with E-state index in [2.05, 4.69) is 47.1 Å². The molecule has 3 rings (SSSR count). The van der Waals surface area contributed by atoms with E-state index in [1.165, 1.54) is 5.56 Å². The first-order chi connectivity index (χ1) is 10.2. The monoisotopic (exact) mass is 366 g/mol. The van der Waals surface area contributed by atoms with Crippen LogP contribution in [0.25, 0.3) is 0 Å². The van der Waals surface area contributed by atoms with Crippen LogP contribution in [0.15, 0.2) is 42.5 Å². The van der Waals surface area contributed by atoms with Crippen LogP contribution >= 0.6 is 27.5 Å². The van der Waals surface area contributed by atoms with Crippen molar-refractivity contribution in [3.05, 3.63) is 58.6 Å². The molecule has 4 heteroatoms. The Balaban J connectivity index is 1.92. The number of benzene rings is 2. The van der Waals surface area contributed by atoms with Crippen molar-refractivity contribution in [3.8, 4) is 11.5 Å². The molecular formula is C17H16BrClO2. The highest BCUT2D eigenvalue weighted by atomic mass is 79.9. The lowest BCUT2D eigenvalue weighted by Gasteiger charge is -2.24. The van der Waals surface area contributed by atoms with Crippen molar-refractivity contribution in [2.75, 3.05) is 13.2 Å². The van der Waals surface area contributed by atoms with Crippen molar-refractivity contribution in [1.82, 2.24) is 0 Å². The molecule has 0 fully saturated rings. The maximum absolute atomic E-state index is 6.42. The van der Waals surface area contributed by atoms with E-state index in [4.69, 9.17) is 21.1 Å². The van der Waals surface area contributed by atoms with E-state index in [0.717, 1.165) is 17.1 Å².